The molecule has 2 rings (SSSR count). The number of hydrogen-bond acceptors (Lipinski definition) is 4. The summed E-state index contributed by atoms with van der Waals surface area (Å²) >= 11 is 0. The van der Waals surface area contributed by atoms with Gasteiger partial charge < -0.3 is 14.8 Å². The zero-order chi connectivity index (χ0) is 20.0. The maximum atomic E-state index is 12.7. The summed E-state index contributed by atoms with van der Waals surface area (Å²) in [6.45, 7) is 3.07. The number of halogens is 3. The van der Waals surface area contributed by atoms with Gasteiger partial charge in [-0.25, -0.2) is 4.79 Å². The molecule has 2 aromatic carbocycles. The highest BCUT2D eigenvalue weighted by molar-refractivity contribution is 5.97. The number of carbonyl (C=O) groups is 2. The molecule has 0 saturated heterocycles. The van der Waals surface area contributed by atoms with Gasteiger partial charge in [0.25, 0.3) is 5.91 Å². The van der Waals surface area contributed by atoms with Crippen LogP contribution in [0.3, 0.4) is 0 Å². The number of benzene rings is 2. The smallest absolute Gasteiger partial charge is 0.416 e. The molecule has 0 saturated carbocycles. The third kappa shape index (κ3) is 5.47. The summed E-state index contributed by atoms with van der Waals surface area (Å²) < 4.78 is 48.1. The number of alkyl halides is 3. The van der Waals surface area contributed by atoms with Crippen molar-refractivity contribution in [3.8, 4) is 5.75 Å². The van der Waals surface area contributed by atoms with E-state index in [0.29, 0.717) is 16.8 Å². The van der Waals surface area contributed by atoms with Crippen molar-refractivity contribution in [3.05, 3.63) is 59.2 Å². The van der Waals surface area contributed by atoms with Gasteiger partial charge in [0, 0.05) is 5.69 Å². The fourth-order valence-electron chi connectivity index (χ4n) is 2.30. The van der Waals surface area contributed by atoms with E-state index in [4.69, 9.17) is 9.47 Å². The van der Waals surface area contributed by atoms with Crippen LogP contribution in [-0.4, -0.2) is 25.1 Å². The molecule has 0 unspecified atom stereocenters. The van der Waals surface area contributed by atoms with Crippen molar-refractivity contribution in [2.75, 3.05) is 18.5 Å². The monoisotopic (exact) mass is 381 g/mol. The zero-order valence-electron chi connectivity index (χ0n) is 14.7. The quantitative estimate of drug-likeness (QED) is 0.762. The van der Waals surface area contributed by atoms with Crippen molar-refractivity contribution in [1.82, 2.24) is 0 Å². The van der Waals surface area contributed by atoms with E-state index >= 15 is 0 Å². The van der Waals surface area contributed by atoms with Crippen molar-refractivity contribution in [3.63, 3.8) is 0 Å². The van der Waals surface area contributed by atoms with Crippen LogP contribution in [0.4, 0.5) is 18.9 Å². The summed E-state index contributed by atoms with van der Waals surface area (Å²) in [6.07, 6.45) is -4.49. The molecule has 144 valence electrons. The highest BCUT2D eigenvalue weighted by Crippen LogP contribution is 2.31. The molecule has 0 aliphatic carbocycles. The SMILES string of the molecule is CCOC(=O)c1cccc(NC(=O)COc2cccc(C(F)(F)F)c2)c1C. The minimum absolute atomic E-state index is 0.0722. The van der Waals surface area contributed by atoms with E-state index in [9.17, 15) is 22.8 Å². The summed E-state index contributed by atoms with van der Waals surface area (Å²) in [7, 11) is 0. The first kappa shape index (κ1) is 20.3. The average Bonchev–Trinajstić information content (AvgIpc) is 2.61. The first-order valence-corrected chi connectivity index (χ1v) is 8.09. The van der Waals surface area contributed by atoms with E-state index in [1.165, 1.54) is 12.1 Å². The lowest BCUT2D eigenvalue weighted by Crippen LogP contribution is -2.21. The number of amides is 1. The molecule has 0 heterocycles. The third-order valence-electron chi connectivity index (χ3n) is 3.63. The average molecular weight is 381 g/mol. The summed E-state index contributed by atoms with van der Waals surface area (Å²) in [5, 5.41) is 2.57. The highest BCUT2D eigenvalue weighted by atomic mass is 19.4. The molecule has 27 heavy (non-hydrogen) atoms. The Bertz CT molecular complexity index is 834. The van der Waals surface area contributed by atoms with Gasteiger partial charge in [-0.05, 0) is 49.7 Å². The lowest BCUT2D eigenvalue weighted by Gasteiger charge is -2.13. The molecule has 0 aliphatic heterocycles. The fraction of sp³-hybridized carbons (Fsp3) is 0.263. The molecule has 5 nitrogen and oxygen atoms in total. The van der Waals surface area contributed by atoms with Crippen LogP contribution in [0.15, 0.2) is 42.5 Å². The standard InChI is InChI=1S/C19H18F3NO4/c1-3-26-18(25)15-8-5-9-16(12(15)2)23-17(24)11-27-14-7-4-6-13(10-14)19(20,21)22/h4-10H,3,11H2,1-2H3,(H,23,24). The molecular formula is C19H18F3NO4. The molecule has 1 amide bonds. The van der Waals surface area contributed by atoms with Crippen LogP contribution in [-0.2, 0) is 15.7 Å². The first-order chi connectivity index (χ1) is 12.7. The normalized spacial score (nSPS) is 11.0. The molecule has 0 atom stereocenters. The topological polar surface area (TPSA) is 64.6 Å². The van der Waals surface area contributed by atoms with Crippen LogP contribution in [0.25, 0.3) is 0 Å². The van der Waals surface area contributed by atoms with Crippen LogP contribution in [0.2, 0.25) is 0 Å². The van der Waals surface area contributed by atoms with Gasteiger partial charge in [-0.15, -0.1) is 0 Å². The maximum Gasteiger partial charge on any atom is 0.416 e. The van der Waals surface area contributed by atoms with Gasteiger partial charge in [0.1, 0.15) is 5.75 Å². The van der Waals surface area contributed by atoms with Crippen molar-refractivity contribution >= 4 is 17.6 Å². The summed E-state index contributed by atoms with van der Waals surface area (Å²) in [6, 6.07) is 9.01. The van der Waals surface area contributed by atoms with Crippen molar-refractivity contribution in [1.29, 1.82) is 0 Å². The summed E-state index contributed by atoms with van der Waals surface area (Å²) in [4.78, 5) is 23.9. The van der Waals surface area contributed by atoms with Gasteiger partial charge in [-0.1, -0.05) is 12.1 Å². The molecule has 0 aliphatic rings. The molecule has 0 fully saturated rings. The van der Waals surface area contributed by atoms with Crippen LogP contribution >= 0.6 is 0 Å². The molecule has 0 radical (unpaired) electrons. The van der Waals surface area contributed by atoms with Gasteiger partial charge in [0.05, 0.1) is 17.7 Å². The van der Waals surface area contributed by atoms with Crippen molar-refractivity contribution in [2.45, 2.75) is 20.0 Å². The predicted molar refractivity (Wildman–Crippen MR) is 92.7 cm³/mol. The van der Waals surface area contributed by atoms with E-state index in [1.807, 2.05) is 0 Å². The number of anilines is 1. The van der Waals surface area contributed by atoms with Crippen molar-refractivity contribution < 1.29 is 32.2 Å². The number of rotatable bonds is 6. The second-order valence-corrected chi connectivity index (χ2v) is 5.56. The Morgan fingerprint density at radius 1 is 1.11 bits per heavy atom. The minimum atomic E-state index is -4.49. The summed E-state index contributed by atoms with van der Waals surface area (Å²) in [5.74, 6) is -1.15. The van der Waals surface area contributed by atoms with E-state index in [-0.39, 0.29) is 12.4 Å². The Hall–Kier alpha value is -3.03. The number of ether oxygens (including phenoxy) is 2. The Morgan fingerprint density at radius 3 is 2.48 bits per heavy atom. The van der Waals surface area contributed by atoms with E-state index in [1.54, 1.807) is 32.0 Å². The number of esters is 1. The number of hydrogen-bond donors (Lipinski definition) is 1. The molecule has 0 bridgehead atoms. The lowest BCUT2D eigenvalue weighted by molar-refractivity contribution is -0.137. The van der Waals surface area contributed by atoms with E-state index in [2.05, 4.69) is 5.32 Å². The largest absolute Gasteiger partial charge is 0.484 e. The number of carbonyl (C=O) groups excluding carboxylic acids is 2. The number of nitrogens with one attached hydrogen (secondary N) is 1. The van der Waals surface area contributed by atoms with E-state index in [0.717, 1.165) is 12.1 Å². The van der Waals surface area contributed by atoms with Crippen LogP contribution in [0.1, 0.15) is 28.4 Å². The summed E-state index contributed by atoms with van der Waals surface area (Å²) in [5.41, 5.74) is 0.355. The third-order valence-corrected chi connectivity index (χ3v) is 3.63. The van der Waals surface area contributed by atoms with Gasteiger partial charge in [-0.3, -0.25) is 4.79 Å². The second-order valence-electron chi connectivity index (χ2n) is 5.56. The predicted octanol–water partition coefficient (Wildman–Crippen LogP) is 4.21. The second kappa shape index (κ2) is 8.57. The van der Waals surface area contributed by atoms with Crippen LogP contribution < -0.4 is 10.1 Å². The van der Waals surface area contributed by atoms with Gasteiger partial charge in [0.15, 0.2) is 6.61 Å². The Labute approximate surface area is 154 Å². The van der Waals surface area contributed by atoms with Gasteiger partial charge >= 0.3 is 12.1 Å². The van der Waals surface area contributed by atoms with Crippen LogP contribution in [0.5, 0.6) is 5.75 Å². The molecule has 8 heteroatoms. The fourth-order valence-corrected chi connectivity index (χ4v) is 2.30. The zero-order valence-corrected chi connectivity index (χ0v) is 14.7. The lowest BCUT2D eigenvalue weighted by atomic mass is 10.1. The van der Waals surface area contributed by atoms with Gasteiger partial charge in [-0.2, -0.15) is 13.2 Å². The molecule has 0 spiro atoms. The molecule has 0 aromatic heterocycles. The highest BCUT2D eigenvalue weighted by Gasteiger charge is 2.30. The molecule has 2 aromatic rings. The molecular weight excluding hydrogens is 363 g/mol. The first-order valence-electron chi connectivity index (χ1n) is 8.09. The molecule has 1 N–H and O–H groups in total. The Balaban J connectivity index is 2.03. The van der Waals surface area contributed by atoms with Crippen molar-refractivity contribution in [2.24, 2.45) is 0 Å². The van der Waals surface area contributed by atoms with E-state index < -0.39 is 30.2 Å². The Morgan fingerprint density at radius 2 is 1.81 bits per heavy atom. The minimum Gasteiger partial charge on any atom is -0.484 e. The van der Waals surface area contributed by atoms with Crippen LogP contribution in [0, 0.1) is 6.92 Å². The Kier molecular flexibility index (Phi) is 6.44. The van der Waals surface area contributed by atoms with Gasteiger partial charge in [0.2, 0.25) is 0 Å². The maximum absolute atomic E-state index is 12.7.